The second-order valence-electron chi connectivity index (χ2n) is 3.35. The van der Waals surface area contributed by atoms with E-state index < -0.39 is 0 Å². The number of hydrogen-bond donors (Lipinski definition) is 0. The van der Waals surface area contributed by atoms with Gasteiger partial charge in [0.05, 0.1) is 0 Å². The van der Waals surface area contributed by atoms with E-state index in [1.807, 2.05) is 0 Å². The molecule has 0 bridgehead atoms. The molecule has 0 aromatic carbocycles. The van der Waals surface area contributed by atoms with Gasteiger partial charge in [0.25, 0.3) is 6.47 Å². The molecule has 1 heterocycles. The third kappa shape index (κ3) is 2.81. The van der Waals surface area contributed by atoms with Gasteiger partial charge in [-0.05, 0) is 26.3 Å². The molecule has 1 rings (SSSR count). The molecular weight excluding hydrogens is 154 g/mol. The summed E-state index contributed by atoms with van der Waals surface area (Å²) in [5.74, 6) is 0. The molecule has 0 spiro atoms. The first-order valence-corrected chi connectivity index (χ1v) is 4.64. The van der Waals surface area contributed by atoms with Gasteiger partial charge >= 0.3 is 0 Å². The Balaban J connectivity index is 2.15. The highest BCUT2D eigenvalue weighted by molar-refractivity contribution is 5.36. The number of carbonyl (C=O) groups is 1. The standard InChI is InChI=1S/C9H17NO2/c1-9-4-2-3-5-10(9)6-7-12-8-11/h8-9H,2-7H2,1H3. The van der Waals surface area contributed by atoms with Gasteiger partial charge in [-0.25, -0.2) is 0 Å². The van der Waals surface area contributed by atoms with E-state index in [0.29, 0.717) is 19.1 Å². The Morgan fingerprint density at radius 2 is 2.42 bits per heavy atom. The van der Waals surface area contributed by atoms with Crippen LogP contribution in [0.4, 0.5) is 0 Å². The summed E-state index contributed by atoms with van der Waals surface area (Å²) in [6.45, 7) is 5.34. The minimum absolute atomic E-state index is 0.522. The van der Waals surface area contributed by atoms with Crippen molar-refractivity contribution in [1.29, 1.82) is 0 Å². The van der Waals surface area contributed by atoms with Crippen LogP contribution in [0.1, 0.15) is 26.2 Å². The smallest absolute Gasteiger partial charge is 0.293 e. The molecule has 0 saturated carbocycles. The minimum atomic E-state index is 0.522. The molecule has 12 heavy (non-hydrogen) atoms. The molecule has 1 saturated heterocycles. The molecule has 0 amide bonds. The van der Waals surface area contributed by atoms with Gasteiger partial charge in [-0.2, -0.15) is 0 Å². The number of hydrogen-bond acceptors (Lipinski definition) is 3. The van der Waals surface area contributed by atoms with Crippen LogP contribution in [-0.4, -0.2) is 37.1 Å². The van der Waals surface area contributed by atoms with Crippen LogP contribution < -0.4 is 0 Å². The normalized spacial score (nSPS) is 25.2. The number of ether oxygens (including phenoxy) is 1. The largest absolute Gasteiger partial charge is 0.467 e. The van der Waals surface area contributed by atoms with Crippen molar-refractivity contribution in [2.24, 2.45) is 0 Å². The van der Waals surface area contributed by atoms with Crippen molar-refractivity contribution in [2.75, 3.05) is 19.7 Å². The third-order valence-corrected chi connectivity index (χ3v) is 2.50. The number of carbonyl (C=O) groups excluding carboxylic acids is 1. The predicted octanol–water partition coefficient (Wildman–Crippen LogP) is 1.03. The van der Waals surface area contributed by atoms with Crippen molar-refractivity contribution in [3.63, 3.8) is 0 Å². The summed E-state index contributed by atoms with van der Waals surface area (Å²) < 4.78 is 4.66. The Morgan fingerprint density at radius 3 is 3.08 bits per heavy atom. The summed E-state index contributed by atoms with van der Waals surface area (Å²) in [4.78, 5) is 12.3. The Kier molecular flexibility index (Phi) is 4.08. The van der Waals surface area contributed by atoms with E-state index in [-0.39, 0.29) is 0 Å². The van der Waals surface area contributed by atoms with Crippen LogP contribution in [0.5, 0.6) is 0 Å². The van der Waals surface area contributed by atoms with Gasteiger partial charge in [0, 0.05) is 12.6 Å². The first kappa shape index (κ1) is 9.52. The van der Waals surface area contributed by atoms with Gasteiger partial charge in [-0.3, -0.25) is 9.69 Å². The van der Waals surface area contributed by atoms with Crippen molar-refractivity contribution in [2.45, 2.75) is 32.2 Å². The lowest BCUT2D eigenvalue weighted by atomic mass is 10.0. The molecule has 0 aromatic heterocycles. The van der Waals surface area contributed by atoms with Crippen LogP contribution in [0.25, 0.3) is 0 Å². The molecule has 1 fully saturated rings. The van der Waals surface area contributed by atoms with Crippen molar-refractivity contribution in [1.82, 2.24) is 4.90 Å². The van der Waals surface area contributed by atoms with Gasteiger partial charge in [0.1, 0.15) is 6.61 Å². The molecule has 1 atom stereocenters. The maximum absolute atomic E-state index is 9.89. The highest BCUT2D eigenvalue weighted by Gasteiger charge is 2.17. The summed E-state index contributed by atoms with van der Waals surface area (Å²) in [6.07, 6.45) is 3.90. The fourth-order valence-corrected chi connectivity index (χ4v) is 1.71. The Bertz CT molecular complexity index is 138. The number of nitrogens with zero attached hydrogens (tertiary/aromatic N) is 1. The number of rotatable bonds is 4. The number of piperidine rings is 1. The van der Waals surface area contributed by atoms with E-state index in [1.54, 1.807) is 0 Å². The monoisotopic (exact) mass is 171 g/mol. The van der Waals surface area contributed by atoms with Gasteiger partial charge < -0.3 is 4.74 Å². The van der Waals surface area contributed by atoms with Gasteiger partial charge in [0.2, 0.25) is 0 Å². The van der Waals surface area contributed by atoms with Crippen LogP contribution in [0.2, 0.25) is 0 Å². The van der Waals surface area contributed by atoms with Crippen molar-refractivity contribution in [3.8, 4) is 0 Å². The average molecular weight is 171 g/mol. The fourth-order valence-electron chi connectivity index (χ4n) is 1.71. The molecule has 3 nitrogen and oxygen atoms in total. The Hall–Kier alpha value is -0.570. The van der Waals surface area contributed by atoms with Crippen LogP contribution in [0.3, 0.4) is 0 Å². The first-order chi connectivity index (χ1) is 5.84. The lowest BCUT2D eigenvalue weighted by molar-refractivity contribution is -0.129. The summed E-state index contributed by atoms with van der Waals surface area (Å²) in [5, 5.41) is 0. The Morgan fingerprint density at radius 1 is 1.58 bits per heavy atom. The van der Waals surface area contributed by atoms with Gasteiger partial charge in [0.15, 0.2) is 0 Å². The topological polar surface area (TPSA) is 29.5 Å². The van der Waals surface area contributed by atoms with E-state index in [9.17, 15) is 4.79 Å². The van der Waals surface area contributed by atoms with Crippen LogP contribution in [-0.2, 0) is 9.53 Å². The fraction of sp³-hybridized carbons (Fsp3) is 0.889. The molecule has 70 valence electrons. The maximum atomic E-state index is 9.89. The van der Waals surface area contributed by atoms with E-state index in [2.05, 4.69) is 16.6 Å². The minimum Gasteiger partial charge on any atom is -0.467 e. The zero-order chi connectivity index (χ0) is 8.81. The SMILES string of the molecule is CC1CCCCN1CCOC=O. The van der Waals surface area contributed by atoms with Crippen molar-refractivity contribution in [3.05, 3.63) is 0 Å². The van der Waals surface area contributed by atoms with Gasteiger partial charge in [-0.1, -0.05) is 6.42 Å². The lowest BCUT2D eigenvalue weighted by Gasteiger charge is -2.32. The van der Waals surface area contributed by atoms with Crippen molar-refractivity contribution >= 4 is 6.47 Å². The molecule has 1 aliphatic heterocycles. The van der Waals surface area contributed by atoms with E-state index in [1.165, 1.54) is 19.3 Å². The number of likely N-dealkylation sites (tertiary alicyclic amines) is 1. The highest BCUT2D eigenvalue weighted by atomic mass is 16.5. The molecule has 0 radical (unpaired) electrons. The zero-order valence-electron chi connectivity index (χ0n) is 7.66. The lowest BCUT2D eigenvalue weighted by Crippen LogP contribution is -2.39. The van der Waals surface area contributed by atoms with E-state index in [0.717, 1.165) is 13.1 Å². The second kappa shape index (κ2) is 5.14. The molecule has 0 aliphatic carbocycles. The summed E-state index contributed by atoms with van der Waals surface area (Å²) >= 11 is 0. The highest BCUT2D eigenvalue weighted by Crippen LogP contribution is 2.15. The quantitative estimate of drug-likeness (QED) is 0.467. The maximum Gasteiger partial charge on any atom is 0.293 e. The predicted molar refractivity (Wildman–Crippen MR) is 46.9 cm³/mol. The van der Waals surface area contributed by atoms with Crippen molar-refractivity contribution < 1.29 is 9.53 Å². The Labute approximate surface area is 73.7 Å². The van der Waals surface area contributed by atoms with Gasteiger partial charge in [-0.15, -0.1) is 0 Å². The summed E-state index contributed by atoms with van der Waals surface area (Å²) in [7, 11) is 0. The summed E-state index contributed by atoms with van der Waals surface area (Å²) in [5.41, 5.74) is 0. The first-order valence-electron chi connectivity index (χ1n) is 4.64. The van der Waals surface area contributed by atoms with Crippen LogP contribution >= 0.6 is 0 Å². The summed E-state index contributed by atoms with van der Waals surface area (Å²) in [6, 6.07) is 0.661. The van der Waals surface area contributed by atoms with E-state index in [4.69, 9.17) is 0 Å². The molecule has 0 N–H and O–H groups in total. The average Bonchev–Trinajstić information content (AvgIpc) is 2.09. The van der Waals surface area contributed by atoms with E-state index >= 15 is 0 Å². The molecule has 3 heteroatoms. The molecule has 1 unspecified atom stereocenters. The molecular formula is C9H17NO2. The van der Waals surface area contributed by atoms with Crippen LogP contribution in [0, 0.1) is 0 Å². The molecule has 1 aliphatic rings. The third-order valence-electron chi connectivity index (χ3n) is 2.50. The zero-order valence-corrected chi connectivity index (χ0v) is 7.66. The van der Waals surface area contributed by atoms with Crippen LogP contribution in [0.15, 0.2) is 0 Å². The second-order valence-corrected chi connectivity index (χ2v) is 3.35. The molecule has 0 aromatic rings.